The van der Waals surface area contributed by atoms with Gasteiger partial charge in [-0.05, 0) is 29.7 Å². The molecule has 2 heterocycles. The lowest BCUT2D eigenvalue weighted by atomic mass is 10.1. The van der Waals surface area contributed by atoms with Crippen molar-refractivity contribution in [1.29, 1.82) is 5.26 Å². The molecule has 0 unspecified atom stereocenters. The number of carbonyl (C=O) groups is 1. The fourth-order valence-corrected chi connectivity index (χ4v) is 3.69. The second kappa shape index (κ2) is 8.72. The molecule has 1 saturated heterocycles. The van der Waals surface area contributed by atoms with Crippen LogP contribution in [0.4, 0.5) is 0 Å². The summed E-state index contributed by atoms with van der Waals surface area (Å²) in [5.41, 5.74) is 3.88. The number of nitrogens with one attached hydrogen (secondary N) is 1. The third-order valence-corrected chi connectivity index (χ3v) is 5.25. The molecule has 1 amide bonds. The third kappa shape index (κ3) is 4.53. The van der Waals surface area contributed by atoms with Gasteiger partial charge in [-0.2, -0.15) is 5.26 Å². The van der Waals surface area contributed by atoms with E-state index in [0.717, 1.165) is 30.8 Å². The van der Waals surface area contributed by atoms with Crippen LogP contribution in [0.2, 0.25) is 0 Å². The van der Waals surface area contributed by atoms with Gasteiger partial charge in [0.05, 0.1) is 29.7 Å². The van der Waals surface area contributed by atoms with Crippen LogP contribution in [0, 0.1) is 11.3 Å². The largest absolute Gasteiger partial charge is 0.337 e. The van der Waals surface area contributed by atoms with Gasteiger partial charge in [0, 0.05) is 32.4 Å². The SMILES string of the molecule is N#Cc1cccc(CN2CC[C@H](NCc3cncn3Cc3ccccc3)C2=O)c1. The van der Waals surface area contributed by atoms with Gasteiger partial charge >= 0.3 is 0 Å². The summed E-state index contributed by atoms with van der Waals surface area (Å²) in [5.74, 6) is 0.112. The number of nitriles is 1. The van der Waals surface area contributed by atoms with Crippen LogP contribution < -0.4 is 5.32 Å². The summed E-state index contributed by atoms with van der Waals surface area (Å²) in [4.78, 5) is 18.9. The van der Waals surface area contributed by atoms with Crippen LogP contribution >= 0.6 is 0 Å². The topological polar surface area (TPSA) is 74.0 Å². The first-order valence-electron chi connectivity index (χ1n) is 9.77. The Bertz CT molecular complexity index is 1020. The van der Waals surface area contributed by atoms with Crippen molar-refractivity contribution >= 4 is 5.91 Å². The lowest BCUT2D eigenvalue weighted by molar-refractivity contribution is -0.129. The number of benzene rings is 2. The van der Waals surface area contributed by atoms with E-state index in [9.17, 15) is 4.79 Å². The molecule has 3 aromatic rings. The number of hydrogen-bond donors (Lipinski definition) is 1. The van der Waals surface area contributed by atoms with Crippen molar-refractivity contribution in [3.05, 3.63) is 89.5 Å². The van der Waals surface area contributed by atoms with Crippen molar-refractivity contribution in [3.8, 4) is 6.07 Å². The van der Waals surface area contributed by atoms with Crippen LogP contribution in [-0.4, -0.2) is 32.9 Å². The van der Waals surface area contributed by atoms with Gasteiger partial charge in [-0.15, -0.1) is 0 Å². The molecule has 1 fully saturated rings. The fraction of sp³-hybridized carbons (Fsp3) is 0.261. The molecular formula is C23H23N5O. The van der Waals surface area contributed by atoms with Crippen molar-refractivity contribution < 1.29 is 4.79 Å². The number of rotatable bonds is 7. The Morgan fingerprint density at radius 2 is 1.93 bits per heavy atom. The summed E-state index contributed by atoms with van der Waals surface area (Å²) >= 11 is 0. The minimum absolute atomic E-state index is 0.112. The molecule has 6 nitrogen and oxygen atoms in total. The van der Waals surface area contributed by atoms with Crippen LogP contribution in [-0.2, 0) is 24.4 Å². The fourth-order valence-electron chi connectivity index (χ4n) is 3.69. The molecule has 29 heavy (non-hydrogen) atoms. The minimum atomic E-state index is -0.186. The molecule has 6 heteroatoms. The Labute approximate surface area is 170 Å². The maximum absolute atomic E-state index is 12.8. The van der Waals surface area contributed by atoms with Crippen LogP contribution in [0.15, 0.2) is 67.1 Å². The molecule has 1 aromatic heterocycles. The Kier molecular flexibility index (Phi) is 5.68. The quantitative estimate of drug-likeness (QED) is 0.679. The Hall–Kier alpha value is -3.43. The predicted octanol–water partition coefficient (Wildman–Crippen LogP) is 2.69. The van der Waals surface area contributed by atoms with E-state index >= 15 is 0 Å². The van der Waals surface area contributed by atoms with Crippen LogP contribution in [0.25, 0.3) is 0 Å². The first kappa shape index (κ1) is 18.9. The average molecular weight is 385 g/mol. The highest BCUT2D eigenvalue weighted by molar-refractivity contribution is 5.84. The maximum atomic E-state index is 12.8. The average Bonchev–Trinajstić information content (AvgIpc) is 3.34. The molecule has 0 saturated carbocycles. The van der Waals surface area contributed by atoms with Crippen molar-refractivity contribution in [2.75, 3.05) is 6.54 Å². The van der Waals surface area contributed by atoms with Gasteiger partial charge < -0.3 is 14.8 Å². The normalized spacial score (nSPS) is 16.2. The highest BCUT2D eigenvalue weighted by Crippen LogP contribution is 2.17. The molecule has 146 valence electrons. The summed E-state index contributed by atoms with van der Waals surface area (Å²) in [6, 6.07) is 19.7. The zero-order valence-electron chi connectivity index (χ0n) is 16.2. The summed E-state index contributed by atoms with van der Waals surface area (Å²) in [7, 11) is 0. The molecule has 4 rings (SSSR count). The number of hydrogen-bond acceptors (Lipinski definition) is 4. The Morgan fingerprint density at radius 1 is 1.10 bits per heavy atom. The van der Waals surface area contributed by atoms with E-state index in [0.29, 0.717) is 18.7 Å². The minimum Gasteiger partial charge on any atom is -0.337 e. The predicted molar refractivity (Wildman–Crippen MR) is 110 cm³/mol. The molecule has 0 spiro atoms. The molecule has 1 atom stereocenters. The van der Waals surface area contributed by atoms with Gasteiger partial charge in [-0.25, -0.2) is 4.98 Å². The molecule has 1 aliphatic rings. The lowest BCUT2D eigenvalue weighted by Gasteiger charge is -2.17. The number of imidazole rings is 1. The summed E-state index contributed by atoms with van der Waals surface area (Å²) in [5, 5.41) is 12.4. The van der Waals surface area contributed by atoms with Gasteiger partial charge in [0.2, 0.25) is 5.91 Å². The molecule has 0 aliphatic carbocycles. The van der Waals surface area contributed by atoms with Gasteiger partial charge in [0.15, 0.2) is 0 Å². The molecule has 0 bridgehead atoms. The van der Waals surface area contributed by atoms with Crippen molar-refractivity contribution in [2.45, 2.75) is 32.1 Å². The van der Waals surface area contributed by atoms with E-state index in [-0.39, 0.29) is 11.9 Å². The first-order valence-corrected chi connectivity index (χ1v) is 9.77. The van der Waals surface area contributed by atoms with Crippen molar-refractivity contribution in [3.63, 3.8) is 0 Å². The number of aromatic nitrogens is 2. The number of nitrogens with zero attached hydrogens (tertiary/aromatic N) is 4. The molecule has 1 N–H and O–H groups in total. The molecule has 1 aliphatic heterocycles. The van der Waals surface area contributed by atoms with E-state index in [4.69, 9.17) is 5.26 Å². The highest BCUT2D eigenvalue weighted by Gasteiger charge is 2.31. The molecule has 2 aromatic carbocycles. The van der Waals surface area contributed by atoms with E-state index in [2.05, 4.69) is 33.1 Å². The van der Waals surface area contributed by atoms with Crippen LogP contribution in [0.3, 0.4) is 0 Å². The Balaban J connectivity index is 1.34. The number of amides is 1. The second-order valence-corrected chi connectivity index (χ2v) is 7.29. The summed E-state index contributed by atoms with van der Waals surface area (Å²) in [6.07, 6.45) is 4.46. The lowest BCUT2D eigenvalue weighted by Crippen LogP contribution is -2.38. The first-order chi connectivity index (χ1) is 14.2. The van der Waals surface area contributed by atoms with Crippen molar-refractivity contribution in [1.82, 2.24) is 19.8 Å². The van der Waals surface area contributed by atoms with Gasteiger partial charge in [0.25, 0.3) is 0 Å². The summed E-state index contributed by atoms with van der Waals surface area (Å²) in [6.45, 7) is 2.62. The van der Waals surface area contributed by atoms with Crippen LogP contribution in [0.1, 0.15) is 28.8 Å². The third-order valence-electron chi connectivity index (χ3n) is 5.25. The van der Waals surface area contributed by atoms with Gasteiger partial charge in [0.1, 0.15) is 0 Å². The van der Waals surface area contributed by atoms with E-state index in [1.807, 2.05) is 53.8 Å². The zero-order chi connectivity index (χ0) is 20.1. The van der Waals surface area contributed by atoms with Crippen molar-refractivity contribution in [2.24, 2.45) is 0 Å². The highest BCUT2D eigenvalue weighted by atomic mass is 16.2. The van der Waals surface area contributed by atoms with Gasteiger partial charge in [-0.3, -0.25) is 4.79 Å². The zero-order valence-corrected chi connectivity index (χ0v) is 16.2. The maximum Gasteiger partial charge on any atom is 0.240 e. The van der Waals surface area contributed by atoms with E-state index in [1.165, 1.54) is 5.56 Å². The van der Waals surface area contributed by atoms with Crippen LogP contribution in [0.5, 0.6) is 0 Å². The van der Waals surface area contributed by atoms with E-state index in [1.54, 1.807) is 6.07 Å². The summed E-state index contributed by atoms with van der Waals surface area (Å²) < 4.78 is 2.10. The second-order valence-electron chi connectivity index (χ2n) is 7.29. The van der Waals surface area contributed by atoms with E-state index < -0.39 is 0 Å². The number of likely N-dealkylation sites (tertiary alicyclic amines) is 1. The smallest absolute Gasteiger partial charge is 0.240 e. The Morgan fingerprint density at radius 3 is 2.76 bits per heavy atom. The monoisotopic (exact) mass is 385 g/mol. The molecular weight excluding hydrogens is 362 g/mol. The number of carbonyl (C=O) groups excluding carboxylic acids is 1. The standard InChI is InChI=1S/C23H23N5O/c24-12-19-7-4-8-20(11-19)16-27-10-9-22(23(27)29)26-14-21-13-25-17-28(21)15-18-5-2-1-3-6-18/h1-8,11,13,17,22,26H,9-10,14-16H2/t22-/m0/s1. The van der Waals surface area contributed by atoms with Gasteiger partial charge in [-0.1, -0.05) is 42.5 Å². The molecule has 0 radical (unpaired) electrons.